The van der Waals surface area contributed by atoms with Gasteiger partial charge in [0.15, 0.2) is 0 Å². The maximum atomic E-state index is 12.0. The van der Waals surface area contributed by atoms with E-state index in [4.69, 9.17) is 5.11 Å². The van der Waals surface area contributed by atoms with E-state index in [2.05, 4.69) is 18.4 Å². The summed E-state index contributed by atoms with van der Waals surface area (Å²) in [7, 11) is 0. The highest BCUT2D eigenvalue weighted by molar-refractivity contribution is 7.10. The van der Waals surface area contributed by atoms with Crippen LogP contribution >= 0.6 is 11.3 Å². The maximum Gasteiger partial charge on any atom is 0.222 e. The number of aliphatic hydroxyl groups is 1. The topological polar surface area (TPSA) is 40.5 Å². The minimum absolute atomic E-state index is 0.0757. The lowest BCUT2D eigenvalue weighted by atomic mass is 10.1. The van der Waals surface area contributed by atoms with Gasteiger partial charge in [0.25, 0.3) is 0 Å². The number of carbonyl (C=O) groups excluding carboxylic acids is 1. The van der Waals surface area contributed by atoms with Crippen LogP contribution in [0.2, 0.25) is 0 Å². The van der Waals surface area contributed by atoms with Crippen LogP contribution in [0.3, 0.4) is 0 Å². The lowest BCUT2D eigenvalue weighted by molar-refractivity contribution is -0.132. The number of thiophene rings is 1. The summed E-state index contributed by atoms with van der Waals surface area (Å²) in [4.78, 5) is 15.3. The fourth-order valence-electron chi connectivity index (χ4n) is 2.21. The van der Waals surface area contributed by atoms with E-state index in [1.165, 1.54) is 10.4 Å². The molecule has 1 saturated carbocycles. The molecule has 0 radical (unpaired) electrons. The first-order valence-electron chi connectivity index (χ1n) is 6.65. The first kappa shape index (κ1) is 13.6. The van der Waals surface area contributed by atoms with Gasteiger partial charge in [0.2, 0.25) is 5.91 Å². The summed E-state index contributed by atoms with van der Waals surface area (Å²) in [5.74, 6) is 0.209. The van der Waals surface area contributed by atoms with Crippen LogP contribution < -0.4 is 0 Å². The summed E-state index contributed by atoms with van der Waals surface area (Å²) in [6.07, 6.45) is 4.72. The monoisotopic (exact) mass is 267 g/mol. The molecule has 1 amide bonds. The highest BCUT2D eigenvalue weighted by Gasteiger charge is 2.31. The number of hydrogen-bond donors (Lipinski definition) is 1. The molecule has 0 aliphatic heterocycles. The zero-order valence-corrected chi connectivity index (χ0v) is 11.7. The van der Waals surface area contributed by atoms with Crippen molar-refractivity contribution in [2.75, 3.05) is 13.2 Å². The van der Waals surface area contributed by atoms with Gasteiger partial charge in [-0.15, -0.1) is 11.3 Å². The fraction of sp³-hybridized carbons (Fsp3) is 0.643. The van der Waals surface area contributed by atoms with Gasteiger partial charge in [-0.2, -0.15) is 0 Å². The van der Waals surface area contributed by atoms with Gasteiger partial charge in [-0.25, -0.2) is 0 Å². The smallest absolute Gasteiger partial charge is 0.222 e. The first-order chi connectivity index (χ1) is 8.72. The van der Waals surface area contributed by atoms with Gasteiger partial charge in [-0.05, 0) is 49.6 Å². The van der Waals surface area contributed by atoms with Crippen molar-refractivity contribution in [3.63, 3.8) is 0 Å². The Morgan fingerprint density at radius 3 is 2.89 bits per heavy atom. The fourth-order valence-corrected chi connectivity index (χ4v) is 3.16. The van der Waals surface area contributed by atoms with E-state index in [0.29, 0.717) is 19.0 Å². The van der Waals surface area contributed by atoms with E-state index in [0.717, 1.165) is 25.7 Å². The Hall–Kier alpha value is -0.870. The van der Waals surface area contributed by atoms with Crippen molar-refractivity contribution in [3.8, 4) is 0 Å². The molecule has 18 heavy (non-hydrogen) atoms. The van der Waals surface area contributed by atoms with Crippen molar-refractivity contribution >= 4 is 17.2 Å². The molecule has 2 rings (SSSR count). The molecule has 100 valence electrons. The second-order valence-electron chi connectivity index (χ2n) is 4.92. The van der Waals surface area contributed by atoms with Gasteiger partial charge < -0.3 is 10.0 Å². The molecule has 1 aliphatic carbocycles. The molecule has 0 aromatic carbocycles. The summed E-state index contributed by atoms with van der Waals surface area (Å²) in [6, 6.07) is 2.54. The van der Waals surface area contributed by atoms with Crippen molar-refractivity contribution < 1.29 is 9.90 Å². The van der Waals surface area contributed by atoms with Crippen molar-refractivity contribution in [1.82, 2.24) is 4.90 Å². The van der Waals surface area contributed by atoms with Crippen LogP contribution in [0.4, 0.5) is 0 Å². The number of nitrogens with zero attached hydrogens (tertiary/aromatic N) is 1. The third-order valence-electron chi connectivity index (χ3n) is 3.41. The zero-order valence-electron chi connectivity index (χ0n) is 10.9. The van der Waals surface area contributed by atoms with E-state index in [-0.39, 0.29) is 12.5 Å². The lowest BCUT2D eigenvalue weighted by Crippen LogP contribution is -2.35. The Morgan fingerprint density at radius 2 is 2.33 bits per heavy atom. The molecular weight excluding hydrogens is 246 g/mol. The highest BCUT2D eigenvalue weighted by Crippen LogP contribution is 2.27. The summed E-state index contributed by atoms with van der Waals surface area (Å²) < 4.78 is 0. The van der Waals surface area contributed by atoms with E-state index in [1.54, 1.807) is 11.3 Å². The minimum atomic E-state index is 0.0757. The quantitative estimate of drug-likeness (QED) is 0.824. The third kappa shape index (κ3) is 3.56. The Kier molecular flexibility index (Phi) is 4.78. The number of hydrogen-bond acceptors (Lipinski definition) is 3. The molecule has 0 unspecified atom stereocenters. The summed E-state index contributed by atoms with van der Waals surface area (Å²) >= 11 is 1.77. The van der Waals surface area contributed by atoms with Crippen molar-refractivity contribution in [1.29, 1.82) is 0 Å². The third-order valence-corrected chi connectivity index (χ3v) is 4.49. The number of carbonyl (C=O) groups is 1. The van der Waals surface area contributed by atoms with Crippen LogP contribution in [0, 0.1) is 6.92 Å². The van der Waals surface area contributed by atoms with Gasteiger partial charge in [-0.1, -0.05) is 0 Å². The first-order valence-corrected chi connectivity index (χ1v) is 7.53. The second kappa shape index (κ2) is 6.34. The second-order valence-corrected chi connectivity index (χ2v) is 5.92. The molecule has 1 heterocycles. The van der Waals surface area contributed by atoms with E-state index >= 15 is 0 Å². The Balaban J connectivity index is 1.75. The molecule has 1 aromatic heterocycles. The standard InChI is InChI=1S/C14H21NO2S/c1-11-7-10-18-13(11)3-2-4-14(17)15(8-9-16)12-5-6-12/h7,10,12,16H,2-6,8-9H2,1H3. The lowest BCUT2D eigenvalue weighted by Gasteiger charge is -2.21. The summed E-state index contributed by atoms with van der Waals surface area (Å²) in [5.41, 5.74) is 1.34. The molecule has 1 N–H and O–H groups in total. The molecular formula is C14H21NO2S. The van der Waals surface area contributed by atoms with Gasteiger partial charge in [0.1, 0.15) is 0 Å². The highest BCUT2D eigenvalue weighted by atomic mass is 32.1. The van der Waals surface area contributed by atoms with Crippen molar-refractivity contribution in [2.45, 2.75) is 45.1 Å². The van der Waals surface area contributed by atoms with Gasteiger partial charge in [0.05, 0.1) is 6.61 Å². The molecule has 0 bridgehead atoms. The van der Waals surface area contributed by atoms with Gasteiger partial charge >= 0.3 is 0 Å². The van der Waals surface area contributed by atoms with Crippen LogP contribution in [0.5, 0.6) is 0 Å². The Bertz CT molecular complexity index is 398. The normalized spacial score (nSPS) is 14.8. The van der Waals surface area contributed by atoms with E-state index in [1.807, 2.05) is 4.90 Å². The zero-order chi connectivity index (χ0) is 13.0. The van der Waals surface area contributed by atoms with Crippen molar-refractivity contribution in [3.05, 3.63) is 21.9 Å². The molecule has 1 aliphatic rings. The maximum absolute atomic E-state index is 12.0. The molecule has 0 saturated heterocycles. The predicted molar refractivity (Wildman–Crippen MR) is 73.8 cm³/mol. The van der Waals surface area contributed by atoms with E-state index in [9.17, 15) is 4.79 Å². The molecule has 3 nitrogen and oxygen atoms in total. The average molecular weight is 267 g/mol. The minimum Gasteiger partial charge on any atom is -0.395 e. The predicted octanol–water partition coefficient (Wildman–Crippen LogP) is 2.36. The summed E-state index contributed by atoms with van der Waals surface area (Å²) in [6.45, 7) is 2.70. The Morgan fingerprint density at radius 1 is 1.56 bits per heavy atom. The number of amides is 1. The van der Waals surface area contributed by atoms with Crippen LogP contribution in [0.25, 0.3) is 0 Å². The molecule has 1 fully saturated rings. The number of aliphatic hydroxyl groups excluding tert-OH is 1. The molecule has 0 atom stereocenters. The van der Waals surface area contributed by atoms with Crippen LogP contribution in [-0.2, 0) is 11.2 Å². The van der Waals surface area contributed by atoms with Crippen LogP contribution in [0.1, 0.15) is 36.1 Å². The Labute approximate surface area is 112 Å². The van der Waals surface area contributed by atoms with Crippen LogP contribution in [-0.4, -0.2) is 35.1 Å². The van der Waals surface area contributed by atoms with E-state index < -0.39 is 0 Å². The largest absolute Gasteiger partial charge is 0.395 e. The van der Waals surface area contributed by atoms with Gasteiger partial charge in [0, 0.05) is 23.9 Å². The van der Waals surface area contributed by atoms with Gasteiger partial charge in [-0.3, -0.25) is 4.79 Å². The number of rotatable bonds is 7. The average Bonchev–Trinajstić information content (AvgIpc) is 3.11. The summed E-state index contributed by atoms with van der Waals surface area (Å²) in [5, 5.41) is 11.1. The molecule has 4 heteroatoms. The van der Waals surface area contributed by atoms with Crippen molar-refractivity contribution in [2.24, 2.45) is 0 Å². The SMILES string of the molecule is Cc1ccsc1CCCC(=O)N(CCO)C1CC1. The molecule has 0 spiro atoms. The number of aryl methyl sites for hydroxylation is 2. The van der Waals surface area contributed by atoms with Crippen LogP contribution in [0.15, 0.2) is 11.4 Å². The molecule has 1 aromatic rings.